The summed E-state index contributed by atoms with van der Waals surface area (Å²) in [5, 5.41) is 3.02. The molecule has 1 fully saturated rings. The van der Waals surface area contributed by atoms with Crippen molar-refractivity contribution in [1.82, 2.24) is 19.9 Å². The first kappa shape index (κ1) is 15.6. The predicted molar refractivity (Wildman–Crippen MR) is 97.4 cm³/mol. The molecule has 4 rings (SSSR count). The number of likely N-dealkylation sites (tertiary alicyclic amines) is 1. The minimum Gasteiger partial charge on any atom is -0.342 e. The first-order chi connectivity index (χ1) is 12.2. The van der Waals surface area contributed by atoms with Gasteiger partial charge in [0.15, 0.2) is 0 Å². The number of carbonyl (C=O) groups excluding carboxylic acids is 1. The molecule has 2 amide bonds. The quantitative estimate of drug-likeness (QED) is 0.742. The van der Waals surface area contributed by atoms with Gasteiger partial charge in [-0.2, -0.15) is 0 Å². The van der Waals surface area contributed by atoms with E-state index in [4.69, 9.17) is 0 Å². The molecule has 3 heterocycles. The van der Waals surface area contributed by atoms with Crippen LogP contribution in [-0.4, -0.2) is 32.4 Å². The molecular formula is C19H21N5O. The van der Waals surface area contributed by atoms with Crippen LogP contribution in [0.2, 0.25) is 0 Å². The first-order valence-corrected chi connectivity index (χ1v) is 8.65. The van der Waals surface area contributed by atoms with Crippen LogP contribution in [-0.2, 0) is 0 Å². The average Bonchev–Trinajstić information content (AvgIpc) is 3.02. The molecule has 0 bridgehead atoms. The van der Waals surface area contributed by atoms with Gasteiger partial charge in [0.25, 0.3) is 0 Å². The number of urea groups is 1. The summed E-state index contributed by atoms with van der Waals surface area (Å²) in [4.78, 5) is 26.8. The molecule has 0 saturated carbocycles. The normalized spacial score (nSPS) is 17.6. The fourth-order valence-corrected chi connectivity index (χ4v) is 3.47. The topological polar surface area (TPSA) is 73.9 Å². The zero-order valence-electron chi connectivity index (χ0n) is 14.2. The molecular weight excluding hydrogens is 314 g/mol. The second-order valence-electron chi connectivity index (χ2n) is 6.44. The van der Waals surface area contributed by atoms with E-state index in [0.717, 1.165) is 54.0 Å². The van der Waals surface area contributed by atoms with E-state index in [1.807, 2.05) is 48.2 Å². The largest absolute Gasteiger partial charge is 0.342 e. The van der Waals surface area contributed by atoms with Crippen LogP contribution in [0.5, 0.6) is 0 Å². The van der Waals surface area contributed by atoms with E-state index in [-0.39, 0.29) is 12.1 Å². The summed E-state index contributed by atoms with van der Waals surface area (Å²) in [6, 6.07) is 11.6. The van der Waals surface area contributed by atoms with Crippen molar-refractivity contribution < 1.29 is 4.79 Å². The maximum absolute atomic E-state index is 12.9. The second-order valence-corrected chi connectivity index (χ2v) is 6.44. The van der Waals surface area contributed by atoms with Crippen molar-refractivity contribution in [3.05, 3.63) is 54.1 Å². The molecule has 6 heteroatoms. The van der Waals surface area contributed by atoms with E-state index in [0.29, 0.717) is 0 Å². The zero-order chi connectivity index (χ0) is 17.2. The van der Waals surface area contributed by atoms with Gasteiger partial charge in [0.1, 0.15) is 5.82 Å². The molecule has 0 spiro atoms. The number of nitrogens with zero attached hydrogens (tertiary/aromatic N) is 3. The predicted octanol–water partition coefficient (Wildman–Crippen LogP) is 4.03. The number of piperidine rings is 1. The number of fused-ring (bicyclic) bond motifs is 1. The van der Waals surface area contributed by atoms with E-state index in [9.17, 15) is 4.79 Å². The Balaban J connectivity index is 1.55. The van der Waals surface area contributed by atoms with Crippen LogP contribution in [0, 0.1) is 6.92 Å². The van der Waals surface area contributed by atoms with E-state index in [1.165, 1.54) is 0 Å². The Kier molecular flexibility index (Phi) is 4.09. The number of benzene rings is 1. The molecule has 0 radical (unpaired) electrons. The molecule has 1 saturated heterocycles. The molecule has 1 aromatic carbocycles. The van der Waals surface area contributed by atoms with Gasteiger partial charge in [-0.3, -0.25) is 4.98 Å². The monoisotopic (exact) mass is 335 g/mol. The van der Waals surface area contributed by atoms with Crippen molar-refractivity contribution in [3.8, 4) is 0 Å². The summed E-state index contributed by atoms with van der Waals surface area (Å²) < 4.78 is 0. The number of hydrogen-bond acceptors (Lipinski definition) is 3. The lowest BCUT2D eigenvalue weighted by atomic mass is 9.99. The summed E-state index contributed by atoms with van der Waals surface area (Å²) in [6.07, 6.45) is 4.87. The molecule has 2 N–H and O–H groups in total. The van der Waals surface area contributed by atoms with Gasteiger partial charge in [-0.25, -0.2) is 9.78 Å². The number of imidazole rings is 1. The number of amides is 2. The minimum absolute atomic E-state index is 0.0353. The SMILES string of the molecule is Cc1nc2ccc(NC(=O)N3CCCC[C@H]3c3ccccn3)cc2[nH]1. The number of aryl methyl sites for hydroxylation is 1. The van der Waals surface area contributed by atoms with Crippen LogP contribution in [0.15, 0.2) is 42.6 Å². The molecule has 1 atom stereocenters. The standard InChI is InChI=1S/C19H21N5O/c1-13-21-15-9-8-14(12-17(15)22-13)23-19(25)24-11-5-3-7-18(24)16-6-2-4-10-20-16/h2,4,6,8-10,12,18H,3,5,7,11H2,1H3,(H,21,22)(H,23,25)/t18-/m0/s1. The van der Waals surface area contributed by atoms with Crippen LogP contribution in [0.3, 0.4) is 0 Å². The summed E-state index contributed by atoms with van der Waals surface area (Å²) >= 11 is 0. The zero-order valence-corrected chi connectivity index (χ0v) is 14.2. The van der Waals surface area contributed by atoms with Gasteiger partial charge in [-0.1, -0.05) is 6.07 Å². The van der Waals surface area contributed by atoms with E-state index in [1.54, 1.807) is 6.20 Å². The van der Waals surface area contributed by atoms with Crippen LogP contribution < -0.4 is 5.32 Å². The van der Waals surface area contributed by atoms with Crippen molar-refractivity contribution >= 4 is 22.8 Å². The third-order valence-corrected chi connectivity index (χ3v) is 4.64. The van der Waals surface area contributed by atoms with Crippen molar-refractivity contribution in [3.63, 3.8) is 0 Å². The average molecular weight is 335 g/mol. The fourth-order valence-electron chi connectivity index (χ4n) is 3.47. The highest BCUT2D eigenvalue weighted by molar-refractivity contribution is 5.92. The second kappa shape index (κ2) is 6.55. The number of carbonyl (C=O) groups is 1. The fraction of sp³-hybridized carbons (Fsp3) is 0.316. The van der Waals surface area contributed by atoms with Crippen LogP contribution >= 0.6 is 0 Å². The summed E-state index contributed by atoms with van der Waals surface area (Å²) in [7, 11) is 0. The molecule has 0 aliphatic carbocycles. The van der Waals surface area contributed by atoms with Gasteiger partial charge in [-0.05, 0) is 56.5 Å². The number of aromatic amines is 1. The lowest BCUT2D eigenvalue weighted by molar-refractivity contribution is 0.161. The van der Waals surface area contributed by atoms with Gasteiger partial charge in [0.2, 0.25) is 0 Å². The molecule has 2 aromatic heterocycles. The third-order valence-electron chi connectivity index (χ3n) is 4.64. The van der Waals surface area contributed by atoms with Crippen molar-refractivity contribution in [1.29, 1.82) is 0 Å². The number of anilines is 1. The van der Waals surface area contributed by atoms with Gasteiger partial charge in [-0.15, -0.1) is 0 Å². The van der Waals surface area contributed by atoms with Crippen LogP contribution in [0.4, 0.5) is 10.5 Å². The Morgan fingerprint density at radius 1 is 1.28 bits per heavy atom. The Labute approximate surface area is 146 Å². The van der Waals surface area contributed by atoms with Crippen molar-refractivity contribution in [2.75, 3.05) is 11.9 Å². The summed E-state index contributed by atoms with van der Waals surface area (Å²) in [5.41, 5.74) is 3.55. The lowest BCUT2D eigenvalue weighted by Crippen LogP contribution is -2.41. The molecule has 128 valence electrons. The van der Waals surface area contributed by atoms with Gasteiger partial charge < -0.3 is 15.2 Å². The molecule has 6 nitrogen and oxygen atoms in total. The first-order valence-electron chi connectivity index (χ1n) is 8.65. The number of rotatable bonds is 2. The summed E-state index contributed by atoms with van der Waals surface area (Å²) in [5.74, 6) is 0.865. The van der Waals surface area contributed by atoms with Crippen molar-refractivity contribution in [2.45, 2.75) is 32.2 Å². The van der Waals surface area contributed by atoms with Crippen molar-refractivity contribution in [2.24, 2.45) is 0 Å². The van der Waals surface area contributed by atoms with E-state index in [2.05, 4.69) is 20.3 Å². The maximum Gasteiger partial charge on any atom is 0.322 e. The highest BCUT2D eigenvalue weighted by Gasteiger charge is 2.28. The highest BCUT2D eigenvalue weighted by Crippen LogP contribution is 2.30. The van der Waals surface area contributed by atoms with Crippen LogP contribution in [0.25, 0.3) is 11.0 Å². The van der Waals surface area contributed by atoms with E-state index >= 15 is 0 Å². The molecule has 0 unspecified atom stereocenters. The number of nitrogens with one attached hydrogen (secondary N) is 2. The van der Waals surface area contributed by atoms with Gasteiger partial charge in [0.05, 0.1) is 22.8 Å². The van der Waals surface area contributed by atoms with Gasteiger partial charge >= 0.3 is 6.03 Å². The Morgan fingerprint density at radius 2 is 2.20 bits per heavy atom. The number of hydrogen-bond donors (Lipinski definition) is 2. The minimum atomic E-state index is -0.0778. The van der Waals surface area contributed by atoms with Crippen LogP contribution in [0.1, 0.15) is 36.8 Å². The van der Waals surface area contributed by atoms with E-state index < -0.39 is 0 Å². The smallest absolute Gasteiger partial charge is 0.322 e. The number of H-pyrrole nitrogens is 1. The van der Waals surface area contributed by atoms with Gasteiger partial charge in [0, 0.05) is 18.4 Å². The Morgan fingerprint density at radius 3 is 3.04 bits per heavy atom. The molecule has 1 aliphatic rings. The lowest BCUT2D eigenvalue weighted by Gasteiger charge is -2.35. The Bertz CT molecular complexity index is 889. The summed E-state index contributed by atoms with van der Waals surface area (Å²) in [6.45, 7) is 2.67. The third kappa shape index (κ3) is 3.20. The maximum atomic E-state index is 12.9. The Hall–Kier alpha value is -2.89. The highest BCUT2D eigenvalue weighted by atomic mass is 16.2. The molecule has 3 aromatic rings. The molecule has 25 heavy (non-hydrogen) atoms. The molecule has 1 aliphatic heterocycles. The number of aromatic nitrogens is 3. The number of pyridine rings is 1.